The number of benzene rings is 10. The van der Waals surface area contributed by atoms with Crippen molar-refractivity contribution in [1.29, 1.82) is 10.5 Å². The lowest BCUT2D eigenvalue weighted by atomic mass is 9.88. The van der Waals surface area contributed by atoms with Crippen LogP contribution in [0.2, 0.25) is 0 Å². The fourth-order valence-electron chi connectivity index (χ4n) is 10.5. The van der Waals surface area contributed by atoms with Gasteiger partial charge in [-0.2, -0.15) is 10.5 Å². The second-order valence-electron chi connectivity index (χ2n) is 17.4. The number of rotatable bonds is 5. The predicted molar refractivity (Wildman–Crippen MR) is 297 cm³/mol. The maximum Gasteiger partial charge on any atom is 0.102 e. The normalized spacial score (nSPS) is 13.5. The van der Waals surface area contributed by atoms with E-state index < -0.39 is 0 Å². The highest BCUT2D eigenvalue weighted by molar-refractivity contribution is 8.00. The van der Waals surface area contributed by atoms with Crippen molar-refractivity contribution in [3.63, 3.8) is 0 Å². The molecule has 0 saturated heterocycles. The molecule has 0 bridgehead atoms. The lowest BCUT2D eigenvalue weighted by Crippen LogP contribution is -2.21. The lowest BCUT2D eigenvalue weighted by molar-refractivity contribution is 1.13. The first-order chi connectivity index (χ1) is 35.7. The lowest BCUT2D eigenvalue weighted by Gasteiger charge is -2.39. The maximum absolute atomic E-state index is 12.3. The van der Waals surface area contributed by atoms with Gasteiger partial charge < -0.3 is 19.6 Å². The van der Waals surface area contributed by atoms with E-state index in [1.54, 1.807) is 47.0 Å². The summed E-state index contributed by atoms with van der Waals surface area (Å²) >= 11 is 6.95. The number of anilines is 12. The van der Waals surface area contributed by atoms with E-state index in [1.807, 2.05) is 0 Å². The molecular formula is C62H36N6S4. The van der Waals surface area contributed by atoms with E-state index in [1.165, 1.54) is 0 Å². The third-order valence-corrected chi connectivity index (χ3v) is 18.0. The first-order valence-electron chi connectivity index (χ1n) is 23.5. The Morgan fingerprint density at radius 1 is 0.222 bits per heavy atom. The van der Waals surface area contributed by atoms with Crippen molar-refractivity contribution >= 4 is 115 Å². The van der Waals surface area contributed by atoms with Crippen LogP contribution in [0, 0.1) is 22.7 Å². The Morgan fingerprint density at radius 3 is 0.611 bits per heavy atom. The molecular weight excluding hydrogens is 957 g/mol. The van der Waals surface area contributed by atoms with Gasteiger partial charge in [0, 0.05) is 50.3 Å². The van der Waals surface area contributed by atoms with Crippen molar-refractivity contribution in [2.75, 3.05) is 19.6 Å². The van der Waals surface area contributed by atoms with E-state index in [0.29, 0.717) is 33.6 Å². The molecule has 0 unspecified atom stereocenters. The van der Waals surface area contributed by atoms with Crippen LogP contribution < -0.4 is 19.6 Å². The summed E-state index contributed by atoms with van der Waals surface area (Å²) in [7, 11) is 0. The topological polar surface area (TPSA) is 60.5 Å². The molecule has 6 nitrogen and oxygen atoms in total. The van der Waals surface area contributed by atoms with Gasteiger partial charge in [0.05, 0.1) is 79.4 Å². The number of hydrogen-bond acceptors (Lipinski definition) is 10. The zero-order valence-corrected chi connectivity index (χ0v) is 41.4. The van der Waals surface area contributed by atoms with Crippen LogP contribution in [0.5, 0.6) is 0 Å². The molecule has 0 N–H and O–H groups in total. The summed E-state index contributed by atoms with van der Waals surface area (Å²) < 4.78 is 0. The predicted octanol–water partition coefficient (Wildman–Crippen LogP) is 18.8. The van der Waals surface area contributed by atoms with E-state index in [0.717, 1.165) is 96.0 Å². The molecule has 0 saturated carbocycles. The van der Waals surface area contributed by atoms with Gasteiger partial charge in [0.25, 0.3) is 0 Å². The molecule has 0 amide bonds. The van der Waals surface area contributed by atoms with Crippen LogP contribution in [0.25, 0.3) is 11.1 Å². The summed E-state index contributed by atoms with van der Waals surface area (Å²) in [4.78, 5) is 17.8. The quantitative estimate of drug-likeness (QED) is 0.167. The third kappa shape index (κ3) is 6.61. The van der Waals surface area contributed by atoms with Gasteiger partial charge in [-0.25, -0.2) is 0 Å². The second kappa shape index (κ2) is 17.3. The molecule has 0 spiro atoms. The summed E-state index contributed by atoms with van der Waals surface area (Å²) in [6, 6.07) is 81.9. The minimum absolute atomic E-state index is 0.440. The van der Waals surface area contributed by atoms with Gasteiger partial charge in [0.15, 0.2) is 0 Å². The Morgan fingerprint density at radius 2 is 0.403 bits per heavy atom. The molecule has 4 aliphatic heterocycles. The van der Waals surface area contributed by atoms with Crippen LogP contribution >= 0.6 is 47.0 Å². The first kappa shape index (κ1) is 42.6. The van der Waals surface area contributed by atoms with Gasteiger partial charge in [0.1, 0.15) is 12.1 Å². The molecule has 0 fully saturated rings. The molecule has 14 rings (SSSR count). The highest BCUT2D eigenvalue weighted by atomic mass is 32.2. The molecule has 10 aromatic rings. The Bertz CT molecular complexity index is 3550. The SMILES string of the molecule is N#Cc1c(N2c3ccccc3Sc3ccccc32)ccc(N2c3ccccc3Sc3ccccc32)c1-c1c(N2c3ccccc3Sc3ccccc32)ccc(N2c3ccccc3Sc3ccccc32)c1C#N. The van der Waals surface area contributed by atoms with Crippen LogP contribution in [0.15, 0.2) is 258 Å². The monoisotopic (exact) mass is 992 g/mol. The molecule has 0 aromatic heterocycles. The van der Waals surface area contributed by atoms with Crippen LogP contribution in [0.1, 0.15) is 11.1 Å². The Kier molecular flexibility index (Phi) is 10.2. The molecule has 4 aliphatic rings. The highest BCUT2D eigenvalue weighted by Gasteiger charge is 2.38. The van der Waals surface area contributed by atoms with E-state index in [9.17, 15) is 10.5 Å². The molecule has 0 aliphatic carbocycles. The number of hydrogen-bond donors (Lipinski definition) is 0. The molecule has 72 heavy (non-hydrogen) atoms. The van der Waals surface area contributed by atoms with Crippen LogP contribution in [-0.4, -0.2) is 0 Å². The molecule has 10 heteroatoms. The van der Waals surface area contributed by atoms with Crippen molar-refractivity contribution in [2.24, 2.45) is 0 Å². The molecule has 338 valence electrons. The average molecular weight is 993 g/mol. The Labute approximate surface area is 434 Å². The summed E-state index contributed by atoms with van der Waals surface area (Å²) in [5.41, 5.74) is 13.0. The van der Waals surface area contributed by atoms with Crippen molar-refractivity contribution in [3.05, 3.63) is 230 Å². The minimum Gasteiger partial charge on any atom is -0.308 e. The maximum atomic E-state index is 12.3. The van der Waals surface area contributed by atoms with Crippen LogP contribution in [-0.2, 0) is 0 Å². The number of fused-ring (bicyclic) bond motifs is 8. The van der Waals surface area contributed by atoms with Gasteiger partial charge in [-0.1, -0.05) is 144 Å². The van der Waals surface area contributed by atoms with E-state index in [4.69, 9.17) is 0 Å². The summed E-state index contributed by atoms with van der Waals surface area (Å²) in [6.45, 7) is 0. The summed E-state index contributed by atoms with van der Waals surface area (Å²) in [6.07, 6.45) is 0. The number of nitrogens with zero attached hydrogens (tertiary/aromatic N) is 6. The first-order valence-corrected chi connectivity index (χ1v) is 26.7. The second-order valence-corrected chi connectivity index (χ2v) is 21.8. The zero-order valence-electron chi connectivity index (χ0n) is 38.1. The third-order valence-electron chi connectivity index (χ3n) is 13.5. The fourth-order valence-corrected chi connectivity index (χ4v) is 14.7. The van der Waals surface area contributed by atoms with Gasteiger partial charge >= 0.3 is 0 Å². The van der Waals surface area contributed by atoms with Crippen molar-refractivity contribution < 1.29 is 0 Å². The van der Waals surface area contributed by atoms with Crippen LogP contribution in [0.3, 0.4) is 0 Å². The molecule has 4 heterocycles. The Balaban J connectivity index is 1.16. The molecule has 0 radical (unpaired) electrons. The summed E-state index contributed by atoms with van der Waals surface area (Å²) in [5, 5.41) is 24.7. The minimum atomic E-state index is 0.440. The van der Waals surface area contributed by atoms with Crippen molar-refractivity contribution in [1.82, 2.24) is 0 Å². The fraction of sp³-hybridized carbons (Fsp3) is 0. The number of para-hydroxylation sites is 8. The standard InChI is InChI=1S/C62H36N6S4/c63-37-39-41(65-43-17-1-9-25-53(43)69-54-26-10-2-18-44(54)65)33-35-51(67-47-21-5-13-29-57(47)71-58-30-14-6-22-48(58)67)61(39)62-40(38-64)42(66-45-19-3-11-27-55(45)70-56-28-12-4-20-46(56)66)34-36-52(62)68-49-23-7-15-31-59(49)72-60-32-16-8-24-50(60)68/h1-36H. The molecule has 10 aromatic carbocycles. The van der Waals surface area contributed by atoms with Crippen LogP contribution in [0.4, 0.5) is 68.2 Å². The molecule has 0 atom stereocenters. The zero-order chi connectivity index (χ0) is 47.9. The summed E-state index contributed by atoms with van der Waals surface area (Å²) in [5.74, 6) is 0. The van der Waals surface area contributed by atoms with Gasteiger partial charge in [-0.15, -0.1) is 0 Å². The van der Waals surface area contributed by atoms with Gasteiger partial charge in [-0.05, 0) is 121 Å². The van der Waals surface area contributed by atoms with Crippen molar-refractivity contribution in [2.45, 2.75) is 39.2 Å². The smallest absolute Gasteiger partial charge is 0.102 e. The average Bonchev–Trinajstić information content (AvgIpc) is 3.44. The van der Waals surface area contributed by atoms with E-state index in [2.05, 4.69) is 250 Å². The Hall–Kier alpha value is -8.22. The van der Waals surface area contributed by atoms with Crippen molar-refractivity contribution in [3.8, 4) is 23.3 Å². The van der Waals surface area contributed by atoms with E-state index >= 15 is 0 Å². The van der Waals surface area contributed by atoms with Gasteiger partial charge in [0.2, 0.25) is 0 Å². The highest BCUT2D eigenvalue weighted by Crippen LogP contribution is 2.62. The van der Waals surface area contributed by atoms with E-state index in [-0.39, 0.29) is 0 Å². The number of nitriles is 2. The largest absolute Gasteiger partial charge is 0.308 e. The van der Waals surface area contributed by atoms with Gasteiger partial charge in [-0.3, -0.25) is 0 Å².